The number of para-hydroxylation sites is 5. The highest BCUT2D eigenvalue weighted by Crippen LogP contribution is 2.44. The monoisotopic (exact) mass is 657 g/mol. The maximum Gasteiger partial charge on any atom is 0.0537 e. The molecule has 0 saturated heterocycles. The van der Waals surface area contributed by atoms with Crippen LogP contribution in [0.1, 0.15) is 35.6 Å². The molecule has 0 bridgehead atoms. The van der Waals surface area contributed by atoms with Gasteiger partial charge in [-0.05, 0) is 115 Å². The number of anilines is 5. The van der Waals surface area contributed by atoms with Gasteiger partial charge in [0.1, 0.15) is 0 Å². The summed E-state index contributed by atoms with van der Waals surface area (Å²) >= 11 is 0. The first-order valence-corrected chi connectivity index (χ1v) is 17.9. The van der Waals surface area contributed by atoms with Crippen molar-refractivity contribution in [2.75, 3.05) is 9.80 Å². The summed E-state index contributed by atoms with van der Waals surface area (Å²) in [6, 6.07) is 59.1. The molecule has 1 aromatic heterocycles. The number of aromatic nitrogens is 1. The van der Waals surface area contributed by atoms with Crippen molar-refractivity contribution >= 4 is 45.4 Å². The molecular weight excluding hydrogens is 619 g/mol. The Labute approximate surface area is 300 Å². The van der Waals surface area contributed by atoms with Crippen molar-refractivity contribution in [3.8, 4) is 5.69 Å². The third-order valence-corrected chi connectivity index (χ3v) is 10.1. The highest BCUT2D eigenvalue weighted by molar-refractivity contribution is 5.91. The molecule has 0 radical (unpaired) electrons. The van der Waals surface area contributed by atoms with Crippen molar-refractivity contribution in [1.82, 2.24) is 4.57 Å². The van der Waals surface area contributed by atoms with E-state index in [-0.39, 0.29) is 5.92 Å². The second-order valence-electron chi connectivity index (χ2n) is 13.3. The van der Waals surface area contributed by atoms with Gasteiger partial charge in [0, 0.05) is 56.8 Å². The summed E-state index contributed by atoms with van der Waals surface area (Å²) in [7, 11) is 0. The third kappa shape index (κ3) is 5.87. The molecule has 1 heterocycles. The molecule has 6 aromatic carbocycles. The Morgan fingerprint density at radius 2 is 1.08 bits per heavy atom. The van der Waals surface area contributed by atoms with Crippen LogP contribution in [-0.4, -0.2) is 4.57 Å². The normalized spacial score (nSPS) is 15.0. The van der Waals surface area contributed by atoms with E-state index in [1.165, 1.54) is 39.1 Å². The van der Waals surface area contributed by atoms with E-state index in [9.17, 15) is 0 Å². The third-order valence-electron chi connectivity index (χ3n) is 10.1. The van der Waals surface area contributed by atoms with E-state index >= 15 is 0 Å². The van der Waals surface area contributed by atoms with Crippen molar-refractivity contribution in [3.63, 3.8) is 0 Å². The van der Waals surface area contributed by atoms with E-state index in [0.29, 0.717) is 0 Å². The highest BCUT2D eigenvalue weighted by Gasteiger charge is 2.26. The second-order valence-corrected chi connectivity index (χ2v) is 13.3. The topological polar surface area (TPSA) is 11.4 Å². The quantitative estimate of drug-likeness (QED) is 0.161. The van der Waals surface area contributed by atoms with Gasteiger partial charge in [0.05, 0.1) is 5.52 Å². The van der Waals surface area contributed by atoms with Crippen LogP contribution < -0.4 is 9.80 Å². The lowest BCUT2D eigenvalue weighted by atomic mass is 9.86. The Hall–Kier alpha value is -6.32. The minimum atomic E-state index is 0.188. The number of fused-ring (bicyclic) bond motifs is 3. The van der Waals surface area contributed by atoms with Crippen molar-refractivity contribution in [3.05, 3.63) is 211 Å². The molecule has 0 saturated carbocycles. The van der Waals surface area contributed by atoms with Crippen LogP contribution >= 0.6 is 0 Å². The van der Waals surface area contributed by atoms with Gasteiger partial charge in [-0.15, -0.1) is 0 Å². The molecule has 51 heavy (non-hydrogen) atoms. The van der Waals surface area contributed by atoms with Crippen LogP contribution in [-0.2, 0) is 6.42 Å². The summed E-state index contributed by atoms with van der Waals surface area (Å²) < 4.78 is 2.42. The van der Waals surface area contributed by atoms with E-state index in [0.717, 1.165) is 47.7 Å². The van der Waals surface area contributed by atoms with Gasteiger partial charge in [0.25, 0.3) is 0 Å². The molecule has 0 N–H and O–H groups in total. The van der Waals surface area contributed by atoms with Crippen LogP contribution in [0.2, 0.25) is 0 Å². The van der Waals surface area contributed by atoms with Gasteiger partial charge >= 0.3 is 0 Å². The fourth-order valence-corrected chi connectivity index (χ4v) is 7.78. The fraction of sp³-hybridized carbons (Fsp3) is 0.0833. The van der Waals surface area contributed by atoms with Gasteiger partial charge in [-0.1, -0.05) is 109 Å². The largest absolute Gasteiger partial charge is 0.311 e. The SMILES string of the molecule is C1=CC(N(c2ccccc2)c2cc(C3C=Cc4c(c5ccccc5n4-c4ccccc4)C3)cc(N(c3ccccc3)c3ccccc3)c2)=CCC1. The molecule has 1 unspecified atom stereocenters. The molecule has 7 aromatic rings. The Balaban J connectivity index is 1.24. The second kappa shape index (κ2) is 13.5. The molecule has 0 spiro atoms. The van der Waals surface area contributed by atoms with Crippen LogP contribution in [0.3, 0.4) is 0 Å². The zero-order valence-electron chi connectivity index (χ0n) is 28.5. The number of allylic oxidation sites excluding steroid dienone is 4. The summed E-state index contributed by atoms with van der Waals surface area (Å²) in [5.41, 5.74) is 13.3. The summed E-state index contributed by atoms with van der Waals surface area (Å²) in [4.78, 5) is 4.82. The summed E-state index contributed by atoms with van der Waals surface area (Å²) in [5, 5.41) is 1.32. The molecule has 3 nitrogen and oxygen atoms in total. The molecule has 0 amide bonds. The van der Waals surface area contributed by atoms with E-state index in [1.54, 1.807) is 0 Å². The summed E-state index contributed by atoms with van der Waals surface area (Å²) in [5.74, 6) is 0.188. The molecule has 3 heteroatoms. The maximum absolute atomic E-state index is 2.43. The van der Waals surface area contributed by atoms with E-state index in [4.69, 9.17) is 0 Å². The van der Waals surface area contributed by atoms with Gasteiger partial charge in [0.15, 0.2) is 0 Å². The standard InChI is InChI=1S/C48H39N3/c1-6-18-38(19-7-1)49(39-20-8-2-9-21-39)43-32-37(33-44(35-43)50(40-22-10-3-11-23-40)41-24-12-4-13-25-41)36-30-31-48-46(34-36)45-28-16-17-29-47(45)51(48)42-26-14-5-15-27-42/h1-3,5-12,14-33,35-36H,4,13,34H2. The Bertz CT molecular complexity index is 2350. The Morgan fingerprint density at radius 3 is 1.71 bits per heavy atom. The average Bonchev–Trinajstić information content (AvgIpc) is 3.54. The fourth-order valence-electron chi connectivity index (χ4n) is 7.78. The van der Waals surface area contributed by atoms with Crippen molar-refractivity contribution in [1.29, 1.82) is 0 Å². The van der Waals surface area contributed by atoms with Crippen molar-refractivity contribution in [2.45, 2.75) is 25.2 Å². The van der Waals surface area contributed by atoms with E-state index < -0.39 is 0 Å². The molecule has 2 aliphatic rings. The lowest BCUT2D eigenvalue weighted by Crippen LogP contribution is -2.18. The lowest BCUT2D eigenvalue weighted by Gasteiger charge is -2.32. The zero-order chi connectivity index (χ0) is 34.0. The number of nitrogens with zero attached hydrogens (tertiary/aromatic N) is 3. The first-order valence-electron chi connectivity index (χ1n) is 17.9. The highest BCUT2D eigenvalue weighted by atomic mass is 15.2. The van der Waals surface area contributed by atoms with Crippen LogP contribution in [0.4, 0.5) is 28.4 Å². The van der Waals surface area contributed by atoms with Gasteiger partial charge in [-0.3, -0.25) is 0 Å². The molecule has 2 aliphatic carbocycles. The minimum absolute atomic E-state index is 0.188. The number of hydrogen-bond acceptors (Lipinski definition) is 2. The minimum Gasteiger partial charge on any atom is -0.311 e. The van der Waals surface area contributed by atoms with Crippen LogP contribution in [0.25, 0.3) is 22.7 Å². The molecule has 0 fully saturated rings. The molecular formula is C48H39N3. The van der Waals surface area contributed by atoms with Gasteiger partial charge < -0.3 is 14.4 Å². The number of benzene rings is 6. The van der Waals surface area contributed by atoms with Crippen molar-refractivity contribution < 1.29 is 0 Å². The molecule has 1 atom stereocenters. The predicted octanol–water partition coefficient (Wildman–Crippen LogP) is 12.8. The van der Waals surface area contributed by atoms with E-state index in [1.807, 2.05) is 0 Å². The number of rotatable bonds is 8. The summed E-state index contributed by atoms with van der Waals surface area (Å²) in [6.07, 6.45) is 14.7. The average molecular weight is 658 g/mol. The van der Waals surface area contributed by atoms with Gasteiger partial charge in [-0.25, -0.2) is 0 Å². The Morgan fingerprint density at radius 1 is 0.510 bits per heavy atom. The predicted molar refractivity (Wildman–Crippen MR) is 215 cm³/mol. The van der Waals surface area contributed by atoms with Crippen molar-refractivity contribution in [2.24, 2.45) is 0 Å². The Kier molecular flexibility index (Phi) is 8.15. The first-order chi connectivity index (χ1) is 25.3. The van der Waals surface area contributed by atoms with E-state index in [2.05, 4.69) is 209 Å². The van der Waals surface area contributed by atoms with Gasteiger partial charge in [0.2, 0.25) is 0 Å². The molecule has 9 rings (SSSR count). The smallest absolute Gasteiger partial charge is 0.0537 e. The number of hydrogen-bond donors (Lipinski definition) is 0. The van der Waals surface area contributed by atoms with Crippen LogP contribution in [0.5, 0.6) is 0 Å². The van der Waals surface area contributed by atoms with Crippen LogP contribution in [0.15, 0.2) is 194 Å². The molecule has 0 aliphatic heterocycles. The summed E-state index contributed by atoms with van der Waals surface area (Å²) in [6.45, 7) is 0. The molecule has 246 valence electrons. The first kappa shape index (κ1) is 30.7. The zero-order valence-corrected chi connectivity index (χ0v) is 28.5. The van der Waals surface area contributed by atoms with Gasteiger partial charge in [-0.2, -0.15) is 0 Å². The maximum atomic E-state index is 2.43. The van der Waals surface area contributed by atoms with Crippen LogP contribution in [0, 0.1) is 0 Å². The lowest BCUT2D eigenvalue weighted by molar-refractivity contribution is 0.824.